The third-order valence-corrected chi connectivity index (χ3v) is 12.4. The lowest BCUT2D eigenvalue weighted by Gasteiger charge is -2.30. The first-order valence-electron chi connectivity index (χ1n) is 11.2. The number of hydrogen-bond donors (Lipinski definition) is 2. The highest BCUT2D eigenvalue weighted by Crippen LogP contribution is 2.28. The van der Waals surface area contributed by atoms with Crippen LogP contribution in [0.4, 0.5) is 0 Å². The summed E-state index contributed by atoms with van der Waals surface area (Å²) in [5.74, 6) is -0.427. The zero-order valence-corrected chi connectivity index (χ0v) is 20.1. The summed E-state index contributed by atoms with van der Waals surface area (Å²) in [6.07, 6.45) is -0.849. The Labute approximate surface area is 188 Å². The molecule has 3 atom stereocenters. The highest BCUT2D eigenvalue weighted by molar-refractivity contribution is 6.92. The SMILES string of the molecule is CC[Si](CC)(CC)c1ccccc1C(=O)OC[C@H]1O[C@@H](n2cc(C)c(=O)[nH]c2=O)C[C@@H]1O. The van der Waals surface area contributed by atoms with Gasteiger partial charge in [0.25, 0.3) is 5.56 Å². The van der Waals surface area contributed by atoms with E-state index in [1.807, 2.05) is 18.2 Å². The lowest BCUT2D eigenvalue weighted by molar-refractivity contribution is -0.0532. The predicted octanol–water partition coefficient (Wildman–Crippen LogP) is 2.07. The van der Waals surface area contributed by atoms with Gasteiger partial charge >= 0.3 is 11.7 Å². The molecule has 32 heavy (non-hydrogen) atoms. The molecule has 2 N–H and O–H groups in total. The maximum Gasteiger partial charge on any atom is 0.338 e. The van der Waals surface area contributed by atoms with Crippen molar-refractivity contribution >= 4 is 19.2 Å². The van der Waals surface area contributed by atoms with Crippen molar-refractivity contribution in [3.8, 4) is 0 Å². The molecule has 1 aromatic carbocycles. The van der Waals surface area contributed by atoms with Crippen LogP contribution in [0.25, 0.3) is 0 Å². The summed E-state index contributed by atoms with van der Waals surface area (Å²) in [5, 5.41) is 11.5. The van der Waals surface area contributed by atoms with E-state index in [0.717, 1.165) is 23.3 Å². The fourth-order valence-electron chi connectivity index (χ4n) is 4.52. The Bertz CT molecular complexity index is 1070. The molecule has 0 saturated carbocycles. The Balaban J connectivity index is 1.73. The number of carbonyl (C=O) groups is 1. The Kier molecular flexibility index (Phi) is 7.53. The van der Waals surface area contributed by atoms with Crippen LogP contribution in [-0.4, -0.2) is 47.5 Å². The summed E-state index contributed by atoms with van der Waals surface area (Å²) >= 11 is 0. The quantitative estimate of drug-likeness (QED) is 0.461. The molecule has 0 bridgehead atoms. The van der Waals surface area contributed by atoms with Gasteiger partial charge in [-0.2, -0.15) is 0 Å². The van der Waals surface area contributed by atoms with Crippen LogP contribution in [0, 0.1) is 6.92 Å². The molecule has 8 nitrogen and oxygen atoms in total. The van der Waals surface area contributed by atoms with E-state index in [4.69, 9.17) is 9.47 Å². The number of aliphatic hydroxyl groups excluding tert-OH is 1. The molecule has 0 spiro atoms. The molecule has 1 aliphatic heterocycles. The number of rotatable bonds is 8. The van der Waals surface area contributed by atoms with Crippen molar-refractivity contribution in [3.63, 3.8) is 0 Å². The molecule has 2 heterocycles. The largest absolute Gasteiger partial charge is 0.459 e. The molecule has 0 aliphatic carbocycles. The Morgan fingerprint density at radius 2 is 1.88 bits per heavy atom. The molecule has 0 amide bonds. The lowest BCUT2D eigenvalue weighted by atomic mass is 10.2. The van der Waals surface area contributed by atoms with Crippen molar-refractivity contribution in [2.24, 2.45) is 0 Å². The molecule has 9 heteroatoms. The number of hydrogen-bond acceptors (Lipinski definition) is 6. The molecule has 0 unspecified atom stereocenters. The number of aromatic amines is 1. The van der Waals surface area contributed by atoms with Crippen LogP contribution < -0.4 is 16.4 Å². The van der Waals surface area contributed by atoms with Crippen LogP contribution in [0.2, 0.25) is 18.1 Å². The van der Waals surface area contributed by atoms with Crippen LogP contribution in [0.3, 0.4) is 0 Å². The fraction of sp³-hybridized carbons (Fsp3) is 0.522. The Hall–Kier alpha value is -2.49. The smallest absolute Gasteiger partial charge is 0.338 e. The lowest BCUT2D eigenvalue weighted by Crippen LogP contribution is -2.48. The maximum atomic E-state index is 13.0. The van der Waals surface area contributed by atoms with E-state index in [2.05, 4.69) is 25.8 Å². The summed E-state index contributed by atoms with van der Waals surface area (Å²) in [6.45, 7) is 8.02. The summed E-state index contributed by atoms with van der Waals surface area (Å²) in [5.41, 5.74) is -0.116. The van der Waals surface area contributed by atoms with E-state index in [-0.39, 0.29) is 13.0 Å². The summed E-state index contributed by atoms with van der Waals surface area (Å²) in [4.78, 5) is 38.9. The number of H-pyrrole nitrogens is 1. The second-order valence-electron chi connectivity index (χ2n) is 8.40. The average molecular weight is 461 g/mol. The number of carbonyl (C=O) groups excluding carboxylic acids is 1. The number of aromatic nitrogens is 2. The molecular weight excluding hydrogens is 428 g/mol. The first kappa shape index (κ1) is 24.2. The van der Waals surface area contributed by atoms with E-state index >= 15 is 0 Å². The number of nitrogens with one attached hydrogen (secondary N) is 1. The Morgan fingerprint density at radius 3 is 2.53 bits per heavy atom. The van der Waals surface area contributed by atoms with Gasteiger partial charge in [0.2, 0.25) is 0 Å². The van der Waals surface area contributed by atoms with Gasteiger partial charge in [0.15, 0.2) is 0 Å². The minimum absolute atomic E-state index is 0.124. The number of ether oxygens (including phenoxy) is 2. The fourth-order valence-corrected chi connectivity index (χ4v) is 8.37. The normalized spacial score (nSPS) is 21.0. The molecular formula is C23H32N2O6Si. The van der Waals surface area contributed by atoms with Crippen LogP contribution in [0.1, 0.15) is 49.3 Å². The van der Waals surface area contributed by atoms with Crippen LogP contribution in [0.15, 0.2) is 40.1 Å². The number of benzene rings is 1. The van der Waals surface area contributed by atoms with Crippen LogP contribution in [-0.2, 0) is 9.47 Å². The Morgan fingerprint density at radius 1 is 1.22 bits per heavy atom. The van der Waals surface area contributed by atoms with E-state index in [0.29, 0.717) is 11.1 Å². The maximum absolute atomic E-state index is 13.0. The average Bonchev–Trinajstić information content (AvgIpc) is 3.16. The number of nitrogens with zero attached hydrogens (tertiary/aromatic N) is 1. The molecule has 174 valence electrons. The van der Waals surface area contributed by atoms with Crippen molar-refractivity contribution < 1.29 is 19.4 Å². The first-order valence-corrected chi connectivity index (χ1v) is 13.8. The third-order valence-electron chi connectivity index (χ3n) is 6.79. The van der Waals surface area contributed by atoms with E-state index in [9.17, 15) is 19.5 Å². The van der Waals surface area contributed by atoms with E-state index in [1.165, 1.54) is 10.8 Å². The van der Waals surface area contributed by atoms with Crippen molar-refractivity contribution in [2.75, 3.05) is 6.61 Å². The zero-order valence-electron chi connectivity index (χ0n) is 19.1. The van der Waals surface area contributed by atoms with Gasteiger partial charge in [0.1, 0.15) is 18.9 Å². The molecule has 2 aromatic rings. The van der Waals surface area contributed by atoms with Gasteiger partial charge in [0.05, 0.1) is 19.7 Å². The van der Waals surface area contributed by atoms with Gasteiger partial charge in [-0.05, 0) is 18.2 Å². The van der Waals surface area contributed by atoms with E-state index in [1.54, 1.807) is 13.0 Å². The second-order valence-corrected chi connectivity index (χ2v) is 13.6. The van der Waals surface area contributed by atoms with Crippen LogP contribution >= 0.6 is 0 Å². The van der Waals surface area contributed by atoms with Crippen LogP contribution in [0.5, 0.6) is 0 Å². The zero-order chi connectivity index (χ0) is 23.5. The van der Waals surface area contributed by atoms with Crippen molar-refractivity contribution in [3.05, 3.63) is 62.4 Å². The molecule has 1 aromatic heterocycles. The molecule has 1 aliphatic rings. The number of aliphatic hydroxyl groups is 1. The van der Waals surface area contributed by atoms with Gasteiger partial charge in [-0.3, -0.25) is 14.3 Å². The topological polar surface area (TPSA) is 111 Å². The van der Waals surface area contributed by atoms with Gasteiger partial charge in [-0.25, -0.2) is 9.59 Å². The van der Waals surface area contributed by atoms with Crippen molar-refractivity contribution in [1.82, 2.24) is 9.55 Å². The summed E-state index contributed by atoms with van der Waals surface area (Å²) in [6, 6.07) is 10.8. The van der Waals surface area contributed by atoms with Gasteiger partial charge < -0.3 is 14.6 Å². The highest BCUT2D eigenvalue weighted by atomic mass is 28.3. The number of esters is 1. The predicted molar refractivity (Wildman–Crippen MR) is 124 cm³/mol. The standard InChI is InChI=1S/C23H32N2O6Si/c1-5-32(6-2,7-3)19-11-9-8-10-16(19)22(28)30-14-18-17(26)12-20(31-18)25-13-15(4)21(27)24-23(25)29/h8-11,13,17-18,20,26H,5-7,12,14H2,1-4H3,(H,24,27,29)/t17-,18+,20+/m0/s1. The van der Waals surface area contributed by atoms with Crippen molar-refractivity contribution in [2.45, 2.75) is 70.7 Å². The molecule has 0 radical (unpaired) electrons. The van der Waals surface area contributed by atoms with Gasteiger partial charge in [0, 0.05) is 18.2 Å². The first-order chi connectivity index (χ1) is 15.3. The monoisotopic (exact) mass is 460 g/mol. The second kappa shape index (κ2) is 9.97. The molecule has 3 rings (SSSR count). The third kappa shape index (κ3) is 4.64. The highest BCUT2D eigenvalue weighted by Gasteiger charge is 2.37. The minimum atomic E-state index is -1.79. The molecule has 1 fully saturated rings. The van der Waals surface area contributed by atoms with Crippen molar-refractivity contribution in [1.29, 1.82) is 0 Å². The van der Waals surface area contributed by atoms with Gasteiger partial charge in [-0.15, -0.1) is 0 Å². The summed E-state index contributed by atoms with van der Waals surface area (Å²) in [7, 11) is -1.79. The molecule has 1 saturated heterocycles. The number of aryl methyl sites for hydroxylation is 1. The van der Waals surface area contributed by atoms with Gasteiger partial charge in [-0.1, -0.05) is 57.1 Å². The van der Waals surface area contributed by atoms with E-state index < -0.39 is 43.7 Å². The minimum Gasteiger partial charge on any atom is -0.459 e. The summed E-state index contributed by atoms with van der Waals surface area (Å²) < 4.78 is 12.6.